The van der Waals surface area contributed by atoms with Crippen molar-refractivity contribution in [2.45, 2.75) is 41.2 Å². The number of aryl methyl sites for hydroxylation is 3. The van der Waals surface area contributed by atoms with Gasteiger partial charge >= 0.3 is 0 Å². The molecule has 0 saturated heterocycles. The fourth-order valence-electron chi connectivity index (χ4n) is 3.47. The van der Waals surface area contributed by atoms with Gasteiger partial charge in [0.2, 0.25) is 5.89 Å². The van der Waals surface area contributed by atoms with E-state index in [0.29, 0.717) is 30.5 Å². The third kappa shape index (κ3) is 4.79. The number of carbonyl (C=O) groups is 1. The number of aromatic nitrogens is 4. The molecule has 170 valence electrons. The summed E-state index contributed by atoms with van der Waals surface area (Å²) in [5, 5.41) is 11.2. The monoisotopic (exact) mass is 445 g/mol. The van der Waals surface area contributed by atoms with Crippen LogP contribution in [0.5, 0.6) is 5.75 Å². The minimum absolute atomic E-state index is 0.281. The van der Waals surface area contributed by atoms with Crippen molar-refractivity contribution in [3.63, 3.8) is 0 Å². The highest BCUT2D eigenvalue weighted by atomic mass is 16.5. The number of oxazole rings is 1. The predicted octanol–water partition coefficient (Wildman–Crippen LogP) is 4.87. The molecule has 0 saturated carbocycles. The van der Waals surface area contributed by atoms with Crippen LogP contribution in [0.25, 0.3) is 11.5 Å². The molecule has 33 heavy (non-hydrogen) atoms. The number of benzene rings is 2. The molecule has 0 aliphatic carbocycles. The Bertz CT molecular complexity index is 1290. The zero-order chi connectivity index (χ0) is 23.5. The van der Waals surface area contributed by atoms with E-state index in [1.165, 1.54) is 0 Å². The number of ether oxygens (including phenoxy) is 1. The topological polar surface area (TPSA) is 95.1 Å². The second-order valence-electron chi connectivity index (χ2n) is 7.93. The van der Waals surface area contributed by atoms with Crippen LogP contribution in [-0.2, 0) is 6.54 Å². The van der Waals surface area contributed by atoms with Crippen LogP contribution in [-0.4, -0.2) is 32.5 Å². The van der Waals surface area contributed by atoms with Gasteiger partial charge in [-0.1, -0.05) is 17.3 Å². The number of nitrogens with one attached hydrogen (secondary N) is 1. The molecule has 0 aliphatic rings. The third-order valence-corrected chi connectivity index (χ3v) is 5.44. The van der Waals surface area contributed by atoms with Gasteiger partial charge in [0.05, 0.1) is 18.8 Å². The van der Waals surface area contributed by atoms with Crippen LogP contribution in [0, 0.1) is 27.7 Å². The Labute approximate surface area is 192 Å². The van der Waals surface area contributed by atoms with Crippen molar-refractivity contribution < 1.29 is 13.9 Å². The van der Waals surface area contributed by atoms with E-state index in [-0.39, 0.29) is 11.6 Å². The molecule has 0 atom stereocenters. The lowest BCUT2D eigenvalue weighted by Crippen LogP contribution is -2.15. The molecule has 0 unspecified atom stereocenters. The molecule has 2 aromatic heterocycles. The summed E-state index contributed by atoms with van der Waals surface area (Å²) in [5.41, 5.74) is 5.35. The SMILES string of the molecule is CCOc1ccc(-c2nc(Cn3nnc(C(=O)Nc4cc(C)ccc4C)c3C)c(C)o2)cc1. The summed E-state index contributed by atoms with van der Waals surface area (Å²) in [4.78, 5) is 17.5. The van der Waals surface area contributed by atoms with Crippen LogP contribution in [0.3, 0.4) is 0 Å². The first-order valence-electron chi connectivity index (χ1n) is 10.8. The van der Waals surface area contributed by atoms with Crippen molar-refractivity contribution in [2.75, 3.05) is 11.9 Å². The van der Waals surface area contributed by atoms with Crippen molar-refractivity contribution in [1.82, 2.24) is 20.0 Å². The molecule has 0 radical (unpaired) electrons. The largest absolute Gasteiger partial charge is 0.494 e. The smallest absolute Gasteiger partial charge is 0.278 e. The number of nitrogens with zero attached hydrogens (tertiary/aromatic N) is 4. The fraction of sp³-hybridized carbons (Fsp3) is 0.280. The Morgan fingerprint density at radius 1 is 1.09 bits per heavy atom. The zero-order valence-electron chi connectivity index (χ0n) is 19.5. The molecule has 0 fully saturated rings. The van der Waals surface area contributed by atoms with E-state index < -0.39 is 0 Å². The van der Waals surface area contributed by atoms with Crippen LogP contribution in [0.4, 0.5) is 5.69 Å². The summed E-state index contributed by atoms with van der Waals surface area (Å²) in [6.45, 7) is 10.5. The van der Waals surface area contributed by atoms with Crippen LogP contribution in [0.1, 0.15) is 45.7 Å². The summed E-state index contributed by atoms with van der Waals surface area (Å²) in [6, 6.07) is 13.5. The number of hydrogen-bond acceptors (Lipinski definition) is 6. The van der Waals surface area contributed by atoms with Crippen molar-refractivity contribution in [3.8, 4) is 17.2 Å². The summed E-state index contributed by atoms with van der Waals surface area (Å²) < 4.78 is 13.0. The molecule has 0 spiro atoms. The first kappa shape index (κ1) is 22.3. The predicted molar refractivity (Wildman–Crippen MR) is 126 cm³/mol. The average Bonchev–Trinajstić information content (AvgIpc) is 3.34. The van der Waals surface area contributed by atoms with Gasteiger partial charge in [0.1, 0.15) is 17.2 Å². The maximum atomic E-state index is 12.8. The standard InChI is InChI=1S/C25H27N5O3/c1-6-32-20-11-9-19(10-12-20)25-27-22(18(5)33-25)14-30-17(4)23(28-29-30)24(31)26-21-13-15(2)7-8-16(21)3/h7-13H,6,14H2,1-5H3,(H,26,31). The highest BCUT2D eigenvalue weighted by Gasteiger charge is 2.20. The Morgan fingerprint density at radius 2 is 1.85 bits per heavy atom. The maximum Gasteiger partial charge on any atom is 0.278 e. The number of amides is 1. The van der Waals surface area contributed by atoms with Gasteiger partial charge in [-0.15, -0.1) is 5.10 Å². The molecule has 2 aromatic carbocycles. The fourth-order valence-corrected chi connectivity index (χ4v) is 3.47. The van der Waals surface area contributed by atoms with Gasteiger partial charge in [0.25, 0.3) is 5.91 Å². The summed E-state index contributed by atoms with van der Waals surface area (Å²) in [6.07, 6.45) is 0. The lowest BCUT2D eigenvalue weighted by atomic mass is 10.1. The summed E-state index contributed by atoms with van der Waals surface area (Å²) in [5.74, 6) is 1.72. The molecule has 4 aromatic rings. The van der Waals surface area contributed by atoms with Gasteiger partial charge in [-0.05, 0) is 76.1 Å². The Balaban J connectivity index is 1.51. The molecule has 2 heterocycles. The van der Waals surface area contributed by atoms with Gasteiger partial charge < -0.3 is 14.5 Å². The van der Waals surface area contributed by atoms with E-state index in [1.807, 2.05) is 77.1 Å². The highest BCUT2D eigenvalue weighted by Crippen LogP contribution is 2.25. The molecule has 8 nitrogen and oxygen atoms in total. The number of anilines is 1. The second-order valence-corrected chi connectivity index (χ2v) is 7.93. The molecule has 1 amide bonds. The van der Waals surface area contributed by atoms with Crippen LogP contribution < -0.4 is 10.1 Å². The van der Waals surface area contributed by atoms with Crippen LogP contribution >= 0.6 is 0 Å². The van der Waals surface area contributed by atoms with Crippen molar-refractivity contribution in [2.24, 2.45) is 0 Å². The quantitative estimate of drug-likeness (QED) is 0.436. The lowest BCUT2D eigenvalue weighted by molar-refractivity contribution is 0.102. The summed E-state index contributed by atoms with van der Waals surface area (Å²) >= 11 is 0. The first-order chi connectivity index (χ1) is 15.9. The molecular weight excluding hydrogens is 418 g/mol. The zero-order valence-corrected chi connectivity index (χ0v) is 19.5. The van der Waals surface area contributed by atoms with E-state index in [0.717, 1.165) is 33.8 Å². The van der Waals surface area contributed by atoms with E-state index in [4.69, 9.17) is 9.15 Å². The Hall–Kier alpha value is -3.94. The van der Waals surface area contributed by atoms with E-state index in [1.54, 1.807) is 4.68 Å². The minimum atomic E-state index is -0.292. The third-order valence-electron chi connectivity index (χ3n) is 5.44. The van der Waals surface area contributed by atoms with Gasteiger partial charge in [-0.3, -0.25) is 4.79 Å². The van der Waals surface area contributed by atoms with E-state index in [9.17, 15) is 4.79 Å². The Kier molecular flexibility index (Phi) is 6.26. The van der Waals surface area contributed by atoms with Gasteiger partial charge in [-0.2, -0.15) is 0 Å². The van der Waals surface area contributed by atoms with Gasteiger partial charge in [0, 0.05) is 11.3 Å². The average molecular weight is 446 g/mol. The van der Waals surface area contributed by atoms with E-state index in [2.05, 4.69) is 20.6 Å². The lowest BCUT2D eigenvalue weighted by Gasteiger charge is -2.08. The Morgan fingerprint density at radius 3 is 2.58 bits per heavy atom. The molecule has 1 N–H and O–H groups in total. The highest BCUT2D eigenvalue weighted by molar-refractivity contribution is 6.03. The number of hydrogen-bond donors (Lipinski definition) is 1. The first-order valence-corrected chi connectivity index (χ1v) is 10.8. The molecule has 0 aliphatic heterocycles. The minimum Gasteiger partial charge on any atom is -0.494 e. The molecule has 0 bridgehead atoms. The molecule has 4 rings (SSSR count). The van der Waals surface area contributed by atoms with Gasteiger partial charge in [0.15, 0.2) is 5.69 Å². The second kappa shape index (κ2) is 9.28. The number of rotatable bonds is 7. The molecular formula is C25H27N5O3. The van der Waals surface area contributed by atoms with Crippen molar-refractivity contribution in [3.05, 3.63) is 76.4 Å². The van der Waals surface area contributed by atoms with Gasteiger partial charge in [-0.25, -0.2) is 9.67 Å². The summed E-state index contributed by atoms with van der Waals surface area (Å²) in [7, 11) is 0. The maximum absolute atomic E-state index is 12.8. The van der Waals surface area contributed by atoms with Crippen molar-refractivity contribution >= 4 is 11.6 Å². The number of carbonyl (C=O) groups excluding carboxylic acids is 1. The van der Waals surface area contributed by atoms with E-state index >= 15 is 0 Å². The normalized spacial score (nSPS) is 10.9. The van der Waals surface area contributed by atoms with Crippen LogP contribution in [0.2, 0.25) is 0 Å². The van der Waals surface area contributed by atoms with Crippen LogP contribution in [0.15, 0.2) is 46.9 Å². The van der Waals surface area contributed by atoms with Crippen molar-refractivity contribution in [1.29, 1.82) is 0 Å². The molecule has 8 heteroatoms.